The molecule has 6 heavy (non-hydrogen) atoms. The van der Waals surface area contributed by atoms with Crippen LogP contribution in [-0.4, -0.2) is 6.61 Å². The first-order valence-electron chi connectivity index (χ1n) is 1.94. The van der Waals surface area contributed by atoms with Crippen LogP contribution in [0.3, 0.4) is 0 Å². The van der Waals surface area contributed by atoms with Crippen molar-refractivity contribution < 1.29 is 4.74 Å². The van der Waals surface area contributed by atoms with Crippen molar-refractivity contribution in [1.82, 2.24) is 0 Å². The van der Waals surface area contributed by atoms with Gasteiger partial charge in [-0.25, -0.2) is 0 Å². The highest BCUT2D eigenvalue weighted by Crippen LogP contribution is 1.71. The van der Waals surface area contributed by atoms with Crippen LogP contribution in [0.25, 0.3) is 0 Å². The van der Waals surface area contributed by atoms with E-state index in [-0.39, 0.29) is 0 Å². The van der Waals surface area contributed by atoms with Gasteiger partial charge in [0.05, 0.1) is 12.9 Å². The molecule has 0 heterocycles. The lowest BCUT2D eigenvalue weighted by Gasteiger charge is -1.86. The van der Waals surface area contributed by atoms with Gasteiger partial charge < -0.3 is 4.74 Å². The fraction of sp³-hybridized carbons (Fsp3) is 0.400. The molecular weight excluding hydrogens is 76.1 g/mol. The molecule has 0 aliphatic rings. The molecule has 0 saturated carbocycles. The van der Waals surface area contributed by atoms with Gasteiger partial charge in [-0.1, -0.05) is 6.08 Å². The van der Waals surface area contributed by atoms with Crippen molar-refractivity contribution in [3.63, 3.8) is 0 Å². The molecule has 0 spiro atoms. The Morgan fingerprint density at radius 2 is 2.50 bits per heavy atom. The van der Waals surface area contributed by atoms with Gasteiger partial charge in [-0.05, 0) is 13.8 Å². The van der Waals surface area contributed by atoms with Crippen LogP contribution in [0.15, 0.2) is 12.3 Å². The molecular formula is C5H9O. The highest BCUT2D eigenvalue weighted by molar-refractivity contribution is 4.64. The van der Waals surface area contributed by atoms with Crippen LogP contribution in [0.2, 0.25) is 0 Å². The van der Waals surface area contributed by atoms with Gasteiger partial charge in [-0.2, -0.15) is 0 Å². The van der Waals surface area contributed by atoms with Crippen LogP contribution in [0, 0.1) is 6.92 Å². The zero-order chi connectivity index (χ0) is 4.83. The van der Waals surface area contributed by atoms with E-state index >= 15 is 0 Å². The van der Waals surface area contributed by atoms with Gasteiger partial charge in [0.15, 0.2) is 0 Å². The molecule has 0 unspecified atom stereocenters. The van der Waals surface area contributed by atoms with Gasteiger partial charge in [0, 0.05) is 0 Å². The second-order valence-corrected chi connectivity index (χ2v) is 0.840. The lowest BCUT2D eigenvalue weighted by atomic mass is 10.7. The van der Waals surface area contributed by atoms with Crippen molar-refractivity contribution in [2.24, 2.45) is 0 Å². The Balaban J connectivity index is 2.66. The average Bonchev–Trinajstić information content (AvgIpc) is 1.61. The molecule has 1 heteroatoms. The molecule has 0 saturated heterocycles. The van der Waals surface area contributed by atoms with Gasteiger partial charge in [0.1, 0.15) is 0 Å². The van der Waals surface area contributed by atoms with Crippen LogP contribution in [-0.2, 0) is 4.74 Å². The Bertz CT molecular complexity index is 39.2. The second-order valence-electron chi connectivity index (χ2n) is 0.840. The molecule has 0 bridgehead atoms. The summed E-state index contributed by atoms with van der Waals surface area (Å²) in [5.41, 5.74) is 0. The number of rotatable bonds is 2. The Morgan fingerprint density at radius 3 is 2.67 bits per heavy atom. The van der Waals surface area contributed by atoms with E-state index in [1.54, 1.807) is 6.26 Å². The van der Waals surface area contributed by atoms with E-state index in [4.69, 9.17) is 4.74 Å². The van der Waals surface area contributed by atoms with Crippen LogP contribution >= 0.6 is 0 Å². The maximum Gasteiger partial charge on any atom is 0.0874 e. The number of hydrogen-bond donors (Lipinski definition) is 0. The summed E-state index contributed by atoms with van der Waals surface area (Å²) >= 11 is 0. The third-order valence-electron chi connectivity index (χ3n) is 0.350. The highest BCUT2D eigenvalue weighted by atomic mass is 16.5. The van der Waals surface area contributed by atoms with E-state index in [9.17, 15) is 0 Å². The molecule has 0 aliphatic heterocycles. The Kier molecular flexibility index (Phi) is 4.19. The first kappa shape index (κ1) is 5.54. The summed E-state index contributed by atoms with van der Waals surface area (Å²) < 4.78 is 4.69. The molecule has 0 aliphatic carbocycles. The standard InChI is InChI=1S/C5H9O/c1-3-5-6-4-2/h3,5H,2,4H2,1H3/b5-3+. The van der Waals surface area contributed by atoms with E-state index in [1.807, 2.05) is 13.0 Å². The molecule has 1 nitrogen and oxygen atoms in total. The zero-order valence-electron chi connectivity index (χ0n) is 3.98. The first-order chi connectivity index (χ1) is 2.91. The molecule has 35 valence electrons. The predicted molar refractivity (Wildman–Crippen MR) is 26.1 cm³/mol. The van der Waals surface area contributed by atoms with Crippen molar-refractivity contribution in [2.75, 3.05) is 6.61 Å². The Morgan fingerprint density at radius 1 is 1.83 bits per heavy atom. The summed E-state index contributed by atoms with van der Waals surface area (Å²) in [5.74, 6) is 0. The van der Waals surface area contributed by atoms with Crippen molar-refractivity contribution in [3.05, 3.63) is 19.3 Å². The topological polar surface area (TPSA) is 9.23 Å². The minimum absolute atomic E-state index is 0.518. The highest BCUT2D eigenvalue weighted by Gasteiger charge is 1.60. The normalized spacial score (nSPS) is 9.67. The summed E-state index contributed by atoms with van der Waals surface area (Å²) in [4.78, 5) is 0. The van der Waals surface area contributed by atoms with E-state index < -0.39 is 0 Å². The average molecular weight is 85.1 g/mol. The van der Waals surface area contributed by atoms with Gasteiger partial charge in [0.2, 0.25) is 0 Å². The summed E-state index contributed by atoms with van der Waals surface area (Å²) in [5, 5.41) is 0. The third kappa shape index (κ3) is 3.54. The lowest BCUT2D eigenvalue weighted by molar-refractivity contribution is 0.287. The van der Waals surface area contributed by atoms with Crippen LogP contribution < -0.4 is 0 Å². The minimum atomic E-state index is 0.518. The number of ether oxygens (including phenoxy) is 1. The molecule has 0 N–H and O–H groups in total. The quantitative estimate of drug-likeness (QED) is 0.460. The van der Waals surface area contributed by atoms with E-state index in [2.05, 4.69) is 6.92 Å². The van der Waals surface area contributed by atoms with E-state index in [0.29, 0.717) is 6.61 Å². The van der Waals surface area contributed by atoms with Crippen LogP contribution in [0.5, 0.6) is 0 Å². The SMILES string of the molecule is [CH2]CO/C=C/C. The van der Waals surface area contributed by atoms with Gasteiger partial charge in [0.25, 0.3) is 0 Å². The van der Waals surface area contributed by atoms with Gasteiger partial charge in [-0.15, -0.1) is 0 Å². The monoisotopic (exact) mass is 85.1 g/mol. The van der Waals surface area contributed by atoms with Crippen LogP contribution in [0.4, 0.5) is 0 Å². The molecule has 0 rings (SSSR count). The third-order valence-corrected chi connectivity index (χ3v) is 0.350. The zero-order valence-corrected chi connectivity index (χ0v) is 3.98. The maximum atomic E-state index is 4.69. The number of allylic oxidation sites excluding steroid dienone is 1. The van der Waals surface area contributed by atoms with E-state index in [1.165, 1.54) is 0 Å². The van der Waals surface area contributed by atoms with Gasteiger partial charge in [-0.3, -0.25) is 0 Å². The molecule has 1 radical (unpaired) electrons. The Labute approximate surface area is 38.6 Å². The molecule has 0 atom stereocenters. The fourth-order valence-corrected chi connectivity index (χ4v) is 0.164. The summed E-state index contributed by atoms with van der Waals surface area (Å²) in [7, 11) is 0. The minimum Gasteiger partial charge on any atom is -0.502 e. The summed E-state index contributed by atoms with van der Waals surface area (Å²) in [6.07, 6.45) is 3.44. The second kappa shape index (κ2) is 4.54. The predicted octanol–water partition coefficient (Wildman–Crippen LogP) is 1.37. The fourth-order valence-electron chi connectivity index (χ4n) is 0.164. The molecule has 0 aromatic rings. The first-order valence-corrected chi connectivity index (χ1v) is 1.94. The molecule has 0 amide bonds. The van der Waals surface area contributed by atoms with Crippen molar-refractivity contribution >= 4 is 0 Å². The largest absolute Gasteiger partial charge is 0.502 e. The summed E-state index contributed by atoms with van der Waals surface area (Å²) in [6.45, 7) is 5.87. The van der Waals surface area contributed by atoms with Crippen molar-refractivity contribution in [2.45, 2.75) is 6.92 Å². The van der Waals surface area contributed by atoms with Crippen molar-refractivity contribution in [3.8, 4) is 0 Å². The van der Waals surface area contributed by atoms with Crippen molar-refractivity contribution in [1.29, 1.82) is 0 Å². The Hall–Kier alpha value is -0.460. The smallest absolute Gasteiger partial charge is 0.0874 e. The maximum absolute atomic E-state index is 4.69. The van der Waals surface area contributed by atoms with Gasteiger partial charge >= 0.3 is 0 Å². The lowest BCUT2D eigenvalue weighted by Crippen LogP contribution is -1.74. The number of hydrogen-bond acceptors (Lipinski definition) is 1. The van der Waals surface area contributed by atoms with Crippen LogP contribution in [0.1, 0.15) is 6.92 Å². The molecule has 0 aromatic carbocycles. The molecule has 0 aromatic heterocycles. The summed E-state index contributed by atoms with van der Waals surface area (Å²) in [6, 6.07) is 0. The van der Waals surface area contributed by atoms with E-state index in [0.717, 1.165) is 0 Å². The molecule has 0 fully saturated rings.